The molecule has 0 spiro atoms. The molecule has 0 radical (unpaired) electrons. The van der Waals surface area contributed by atoms with Crippen molar-refractivity contribution in [2.75, 3.05) is 39.3 Å². The number of nitrogens with two attached hydrogens (primary N) is 1. The van der Waals surface area contributed by atoms with Gasteiger partial charge in [-0.3, -0.25) is 21.4 Å². The van der Waals surface area contributed by atoms with E-state index >= 15 is 0 Å². The fourth-order valence-corrected chi connectivity index (χ4v) is 1.89. The molecule has 2 aliphatic heterocycles. The van der Waals surface area contributed by atoms with Gasteiger partial charge in [-0.25, -0.2) is 5.01 Å². The van der Waals surface area contributed by atoms with E-state index in [1.807, 2.05) is 5.01 Å². The highest BCUT2D eigenvalue weighted by molar-refractivity contribution is 4.80. The van der Waals surface area contributed by atoms with Crippen LogP contribution in [0.25, 0.3) is 0 Å². The van der Waals surface area contributed by atoms with Crippen molar-refractivity contribution in [1.82, 2.24) is 20.5 Å². The smallest absolute Gasteiger partial charge is 0.114 e. The summed E-state index contributed by atoms with van der Waals surface area (Å²) in [5.74, 6) is 5.67. The number of hydrogen-bond donors (Lipinski definition) is 4. The third-order valence-corrected chi connectivity index (χ3v) is 2.81. The van der Waals surface area contributed by atoms with E-state index in [2.05, 4.69) is 15.5 Å². The minimum absolute atomic E-state index is 0.201. The van der Waals surface area contributed by atoms with Crippen LogP contribution in [0.5, 0.6) is 0 Å². The number of rotatable bonds is 1. The zero-order valence-electron chi connectivity index (χ0n) is 8.32. The highest BCUT2D eigenvalue weighted by atomic mass is 16.3. The van der Waals surface area contributed by atoms with Crippen molar-refractivity contribution in [2.45, 2.75) is 12.4 Å². The average molecular weight is 201 g/mol. The van der Waals surface area contributed by atoms with Crippen LogP contribution in [0.4, 0.5) is 0 Å². The maximum Gasteiger partial charge on any atom is 0.114 e. The van der Waals surface area contributed by atoms with Crippen LogP contribution in [0.15, 0.2) is 0 Å². The third kappa shape index (κ3) is 2.41. The molecule has 0 bridgehead atoms. The van der Waals surface area contributed by atoms with Gasteiger partial charge in [0.25, 0.3) is 0 Å². The van der Waals surface area contributed by atoms with Gasteiger partial charge in [-0.2, -0.15) is 0 Å². The molecule has 0 atom stereocenters. The molecule has 2 fully saturated rings. The largest absolute Gasteiger partial charge is 0.390 e. The molecule has 0 aromatic heterocycles. The number of aliphatic hydroxyl groups is 1. The molecule has 0 aromatic rings. The number of nitrogens with zero attached hydrogens (tertiary/aromatic N) is 2. The Labute approximate surface area is 84.0 Å². The minimum atomic E-state index is -0.262. The van der Waals surface area contributed by atoms with Crippen LogP contribution < -0.4 is 16.5 Å². The van der Waals surface area contributed by atoms with E-state index in [9.17, 15) is 5.11 Å². The molecule has 2 aliphatic rings. The number of nitrogens with one attached hydrogen (secondary N) is 2. The Morgan fingerprint density at radius 1 is 1.07 bits per heavy atom. The van der Waals surface area contributed by atoms with E-state index in [1.54, 1.807) is 0 Å². The van der Waals surface area contributed by atoms with Gasteiger partial charge in [0, 0.05) is 39.3 Å². The molecule has 0 aliphatic carbocycles. The molecular weight excluding hydrogens is 182 g/mol. The Morgan fingerprint density at radius 3 is 2.21 bits per heavy atom. The summed E-state index contributed by atoms with van der Waals surface area (Å²) < 4.78 is 0. The van der Waals surface area contributed by atoms with E-state index in [0.29, 0.717) is 13.1 Å². The van der Waals surface area contributed by atoms with Crippen molar-refractivity contribution in [3.8, 4) is 0 Å². The van der Waals surface area contributed by atoms with Crippen LogP contribution in [0.1, 0.15) is 0 Å². The van der Waals surface area contributed by atoms with Crippen molar-refractivity contribution in [3.05, 3.63) is 0 Å². The predicted octanol–water partition coefficient (Wildman–Crippen LogP) is -2.68. The highest BCUT2D eigenvalue weighted by Gasteiger charge is 2.25. The highest BCUT2D eigenvalue weighted by Crippen LogP contribution is 2.02. The standard InChI is InChI=1S/C8H19N5O/c9-13-3-1-12(2-4-13)8-10-5-7(14)6-11-8/h7-8,10-11,14H,1-6,9H2. The van der Waals surface area contributed by atoms with Gasteiger partial charge in [0.1, 0.15) is 6.29 Å². The van der Waals surface area contributed by atoms with Crippen LogP contribution >= 0.6 is 0 Å². The Balaban J connectivity index is 1.78. The zero-order chi connectivity index (χ0) is 9.97. The van der Waals surface area contributed by atoms with Gasteiger partial charge in [-0.1, -0.05) is 0 Å². The lowest BCUT2D eigenvalue weighted by Gasteiger charge is -2.41. The molecule has 82 valence electrons. The first kappa shape index (κ1) is 10.3. The first-order chi connectivity index (χ1) is 6.75. The fourth-order valence-electron chi connectivity index (χ4n) is 1.89. The van der Waals surface area contributed by atoms with Crippen LogP contribution in [-0.4, -0.2) is 66.7 Å². The normalized spacial score (nSPS) is 37.3. The Kier molecular flexibility index (Phi) is 3.32. The SMILES string of the molecule is NN1CCN(C2NCC(O)CN2)CC1. The molecule has 6 nitrogen and oxygen atoms in total. The molecule has 0 unspecified atom stereocenters. The maximum absolute atomic E-state index is 9.30. The molecule has 0 saturated carbocycles. The molecule has 2 heterocycles. The van der Waals surface area contributed by atoms with Crippen LogP contribution in [0.3, 0.4) is 0 Å². The van der Waals surface area contributed by atoms with Crippen LogP contribution in [-0.2, 0) is 0 Å². The second-order valence-corrected chi connectivity index (χ2v) is 3.94. The first-order valence-corrected chi connectivity index (χ1v) is 5.14. The minimum Gasteiger partial charge on any atom is -0.390 e. The van der Waals surface area contributed by atoms with Crippen LogP contribution in [0, 0.1) is 0 Å². The molecule has 0 aromatic carbocycles. The first-order valence-electron chi connectivity index (χ1n) is 5.14. The number of hydrazine groups is 1. The van der Waals surface area contributed by atoms with Crippen molar-refractivity contribution in [1.29, 1.82) is 0 Å². The molecular formula is C8H19N5O. The lowest BCUT2D eigenvalue weighted by Crippen LogP contribution is -2.66. The summed E-state index contributed by atoms with van der Waals surface area (Å²) in [4.78, 5) is 2.31. The number of β-amino-alcohol motifs (C(OH)–C–C–N with tert-alkyl or cyclic N) is 1. The van der Waals surface area contributed by atoms with Gasteiger partial charge in [0.05, 0.1) is 6.10 Å². The van der Waals surface area contributed by atoms with Gasteiger partial charge in [-0.05, 0) is 0 Å². The number of hydrogen-bond acceptors (Lipinski definition) is 6. The summed E-state index contributed by atoms with van der Waals surface area (Å²) >= 11 is 0. The average Bonchev–Trinajstić information content (AvgIpc) is 2.21. The van der Waals surface area contributed by atoms with E-state index in [4.69, 9.17) is 5.84 Å². The van der Waals surface area contributed by atoms with Gasteiger partial charge in [0.2, 0.25) is 0 Å². The maximum atomic E-state index is 9.30. The molecule has 6 heteroatoms. The van der Waals surface area contributed by atoms with Crippen molar-refractivity contribution in [2.24, 2.45) is 5.84 Å². The molecule has 0 amide bonds. The molecule has 5 N–H and O–H groups in total. The fraction of sp³-hybridized carbons (Fsp3) is 1.00. The quantitative estimate of drug-likeness (QED) is 0.346. The van der Waals surface area contributed by atoms with Crippen LogP contribution in [0.2, 0.25) is 0 Å². The van der Waals surface area contributed by atoms with Gasteiger partial charge < -0.3 is 5.11 Å². The van der Waals surface area contributed by atoms with Crippen molar-refractivity contribution in [3.63, 3.8) is 0 Å². The molecule has 2 rings (SSSR count). The summed E-state index contributed by atoms with van der Waals surface area (Å²) in [6.45, 7) is 5.08. The Morgan fingerprint density at radius 2 is 1.64 bits per heavy atom. The van der Waals surface area contributed by atoms with Gasteiger partial charge in [-0.15, -0.1) is 0 Å². The summed E-state index contributed by atoms with van der Waals surface area (Å²) in [5, 5.41) is 17.7. The van der Waals surface area contributed by atoms with Crippen molar-refractivity contribution < 1.29 is 5.11 Å². The predicted molar refractivity (Wildman–Crippen MR) is 53.1 cm³/mol. The Hall–Kier alpha value is -0.240. The Bertz CT molecular complexity index is 155. The topological polar surface area (TPSA) is 76.8 Å². The summed E-state index contributed by atoms with van der Waals surface area (Å²) in [7, 11) is 0. The van der Waals surface area contributed by atoms with E-state index in [1.165, 1.54) is 0 Å². The summed E-state index contributed by atoms with van der Waals surface area (Å²) in [6.07, 6.45) is -0.0610. The number of piperazine rings is 1. The number of aliphatic hydroxyl groups excluding tert-OH is 1. The van der Waals surface area contributed by atoms with Gasteiger partial charge >= 0.3 is 0 Å². The second kappa shape index (κ2) is 4.52. The lowest BCUT2D eigenvalue weighted by atomic mass is 10.3. The lowest BCUT2D eigenvalue weighted by molar-refractivity contribution is 0.0271. The van der Waals surface area contributed by atoms with Gasteiger partial charge in [0.15, 0.2) is 0 Å². The monoisotopic (exact) mass is 201 g/mol. The third-order valence-electron chi connectivity index (χ3n) is 2.81. The summed E-state index contributed by atoms with van der Waals surface area (Å²) in [6, 6.07) is 0. The molecule has 14 heavy (non-hydrogen) atoms. The zero-order valence-corrected chi connectivity index (χ0v) is 8.32. The molecule has 2 saturated heterocycles. The second-order valence-electron chi connectivity index (χ2n) is 3.94. The van der Waals surface area contributed by atoms with Crippen molar-refractivity contribution >= 4 is 0 Å². The van der Waals surface area contributed by atoms with E-state index in [-0.39, 0.29) is 12.4 Å². The van der Waals surface area contributed by atoms with E-state index < -0.39 is 0 Å². The van der Waals surface area contributed by atoms with E-state index in [0.717, 1.165) is 26.2 Å². The summed E-state index contributed by atoms with van der Waals surface area (Å²) in [5.41, 5.74) is 0.